The molecule has 0 aliphatic carbocycles. The van der Waals surface area contributed by atoms with Gasteiger partial charge in [0.25, 0.3) is 5.91 Å². The van der Waals surface area contributed by atoms with E-state index in [0.29, 0.717) is 17.9 Å². The highest BCUT2D eigenvalue weighted by molar-refractivity contribution is 6.31. The zero-order chi connectivity index (χ0) is 22.6. The minimum absolute atomic E-state index is 0.0639. The number of aromatic amines is 1. The number of H-pyrrole nitrogens is 1. The molecule has 3 amide bonds. The lowest BCUT2D eigenvalue weighted by Crippen LogP contribution is -2.20. The molecule has 12 heteroatoms. The lowest BCUT2D eigenvalue weighted by Gasteiger charge is -2.13. The summed E-state index contributed by atoms with van der Waals surface area (Å²) in [7, 11) is 0. The number of anilines is 3. The molecule has 0 aliphatic rings. The zero-order valence-corrected chi connectivity index (χ0v) is 16.4. The summed E-state index contributed by atoms with van der Waals surface area (Å²) >= 11 is 5.57. The fraction of sp³-hybridized carbons (Fsp3) is 0.105. The number of carbonyl (C=O) groups is 2. The van der Waals surface area contributed by atoms with E-state index >= 15 is 0 Å². The smallest absolute Gasteiger partial charge is 0.378 e. The molecule has 8 nitrogen and oxygen atoms in total. The highest BCUT2D eigenvalue weighted by atomic mass is 35.5. The van der Waals surface area contributed by atoms with E-state index in [0.717, 1.165) is 17.7 Å². The van der Waals surface area contributed by atoms with E-state index in [2.05, 4.69) is 26.1 Å². The molecule has 2 aromatic carbocycles. The molecule has 0 radical (unpaired) electrons. The van der Waals surface area contributed by atoms with E-state index in [1.807, 2.05) is 0 Å². The number of benzene rings is 2. The number of halogens is 4. The topological polar surface area (TPSA) is 125 Å². The monoisotopic (exact) mass is 452 g/mol. The van der Waals surface area contributed by atoms with Gasteiger partial charge in [-0.25, -0.2) is 4.79 Å². The third kappa shape index (κ3) is 5.66. The molecular weight excluding hydrogens is 437 g/mol. The largest absolute Gasteiger partial charge is 0.417 e. The summed E-state index contributed by atoms with van der Waals surface area (Å²) in [5.74, 6) is -0.688. The molecule has 0 atom stereocenters. The number of aromatic nitrogens is 2. The van der Waals surface area contributed by atoms with Gasteiger partial charge in [-0.05, 0) is 35.9 Å². The van der Waals surface area contributed by atoms with E-state index in [-0.39, 0.29) is 11.4 Å². The van der Waals surface area contributed by atoms with Crippen LogP contribution in [0, 0.1) is 0 Å². The minimum atomic E-state index is -4.64. The Bertz CT molecular complexity index is 1120. The number of nitrogens with zero attached hydrogens (tertiary/aromatic N) is 1. The summed E-state index contributed by atoms with van der Waals surface area (Å²) in [6.45, 7) is 0.295. The summed E-state index contributed by atoms with van der Waals surface area (Å²) < 4.78 is 38.9. The van der Waals surface area contributed by atoms with Gasteiger partial charge < -0.3 is 21.7 Å². The Hall–Kier alpha value is -3.73. The number of urea groups is 1. The van der Waals surface area contributed by atoms with E-state index < -0.39 is 28.7 Å². The maximum absolute atomic E-state index is 13.0. The summed E-state index contributed by atoms with van der Waals surface area (Å²) in [5, 5.41) is 13.7. The molecule has 0 aliphatic heterocycles. The molecule has 0 spiro atoms. The van der Waals surface area contributed by atoms with E-state index in [1.54, 1.807) is 24.3 Å². The zero-order valence-electron chi connectivity index (χ0n) is 15.7. The predicted molar refractivity (Wildman–Crippen MR) is 110 cm³/mol. The van der Waals surface area contributed by atoms with Gasteiger partial charge in [0.1, 0.15) is 0 Å². The minimum Gasteiger partial charge on any atom is -0.378 e. The van der Waals surface area contributed by atoms with Gasteiger partial charge in [0.15, 0.2) is 5.69 Å². The number of amides is 3. The van der Waals surface area contributed by atoms with Crippen LogP contribution in [-0.2, 0) is 12.7 Å². The van der Waals surface area contributed by atoms with Crippen LogP contribution in [-0.4, -0.2) is 22.1 Å². The number of hydrogen-bond acceptors (Lipinski definition) is 4. The number of carbonyl (C=O) groups excluding carboxylic acids is 2. The predicted octanol–water partition coefficient (Wildman–Crippen LogP) is 4.44. The normalized spacial score (nSPS) is 11.1. The van der Waals surface area contributed by atoms with Crippen molar-refractivity contribution in [1.82, 2.24) is 10.2 Å². The maximum atomic E-state index is 13.0. The molecule has 31 heavy (non-hydrogen) atoms. The third-order valence-corrected chi connectivity index (χ3v) is 4.40. The number of nitrogens with two attached hydrogens (primary N) is 1. The van der Waals surface area contributed by atoms with Gasteiger partial charge in [-0.2, -0.15) is 18.3 Å². The summed E-state index contributed by atoms with van der Waals surface area (Å²) in [4.78, 5) is 23.5. The summed E-state index contributed by atoms with van der Waals surface area (Å²) in [6, 6.07) is 9.06. The molecule has 0 saturated carbocycles. The van der Waals surface area contributed by atoms with Crippen molar-refractivity contribution in [3.05, 3.63) is 70.5 Å². The molecule has 1 aromatic heterocycles. The molecule has 0 fully saturated rings. The fourth-order valence-electron chi connectivity index (χ4n) is 2.68. The van der Waals surface area contributed by atoms with Gasteiger partial charge in [-0.1, -0.05) is 23.7 Å². The molecular formula is C19H16ClF3N6O2. The van der Waals surface area contributed by atoms with Gasteiger partial charge in [-0.3, -0.25) is 9.89 Å². The Kier molecular flexibility index (Phi) is 6.35. The molecule has 3 aromatic rings. The lowest BCUT2D eigenvalue weighted by molar-refractivity contribution is -0.137. The first-order chi connectivity index (χ1) is 14.6. The van der Waals surface area contributed by atoms with Crippen molar-refractivity contribution in [3.63, 3.8) is 0 Å². The van der Waals surface area contributed by atoms with Gasteiger partial charge in [0.2, 0.25) is 0 Å². The van der Waals surface area contributed by atoms with Crippen LogP contribution in [0.3, 0.4) is 0 Å². The van der Waals surface area contributed by atoms with Gasteiger partial charge in [0, 0.05) is 24.1 Å². The number of rotatable bonds is 6. The average molecular weight is 453 g/mol. The second-order valence-corrected chi connectivity index (χ2v) is 6.74. The second-order valence-electron chi connectivity index (χ2n) is 6.34. The number of nitrogens with one attached hydrogen (secondary N) is 4. The first kappa shape index (κ1) is 22.0. The van der Waals surface area contributed by atoms with Crippen LogP contribution in [0.25, 0.3) is 0 Å². The number of primary amides is 1. The van der Waals surface area contributed by atoms with E-state index in [9.17, 15) is 22.8 Å². The molecule has 6 N–H and O–H groups in total. The maximum Gasteiger partial charge on any atom is 0.417 e. The molecule has 0 saturated heterocycles. The van der Waals surface area contributed by atoms with Crippen molar-refractivity contribution in [1.29, 1.82) is 0 Å². The van der Waals surface area contributed by atoms with Crippen molar-refractivity contribution >= 4 is 40.6 Å². The van der Waals surface area contributed by atoms with Crippen LogP contribution < -0.4 is 21.7 Å². The van der Waals surface area contributed by atoms with Gasteiger partial charge in [0.05, 0.1) is 16.3 Å². The molecule has 0 unspecified atom stereocenters. The highest BCUT2D eigenvalue weighted by Crippen LogP contribution is 2.36. The van der Waals surface area contributed by atoms with Crippen LogP contribution >= 0.6 is 11.6 Å². The van der Waals surface area contributed by atoms with Gasteiger partial charge in [-0.15, -0.1) is 0 Å². The van der Waals surface area contributed by atoms with Crippen molar-refractivity contribution < 1.29 is 22.8 Å². The van der Waals surface area contributed by atoms with Crippen LogP contribution in [0.2, 0.25) is 5.02 Å². The standard InChI is InChI=1S/C19H16ClF3N6O2/c20-14-5-4-12(7-13(14)19(21,22)23)28-18(31)27-11-3-1-2-10(6-11)8-25-15-9-26-29-16(15)17(24)30/h1-7,9,25H,8H2,(H2,24,30)(H,26,29)(H2,27,28,31). The van der Waals surface area contributed by atoms with Crippen molar-refractivity contribution in [2.75, 3.05) is 16.0 Å². The Morgan fingerprint density at radius 3 is 2.48 bits per heavy atom. The number of alkyl halides is 3. The van der Waals surface area contributed by atoms with E-state index in [1.165, 1.54) is 12.3 Å². The Morgan fingerprint density at radius 1 is 1.10 bits per heavy atom. The van der Waals surface area contributed by atoms with Crippen LogP contribution in [0.4, 0.5) is 35.0 Å². The van der Waals surface area contributed by atoms with Crippen LogP contribution in [0.15, 0.2) is 48.7 Å². The second kappa shape index (κ2) is 8.96. The van der Waals surface area contributed by atoms with Gasteiger partial charge >= 0.3 is 12.2 Å². The molecule has 0 bridgehead atoms. The highest BCUT2D eigenvalue weighted by Gasteiger charge is 2.33. The first-order valence-corrected chi connectivity index (χ1v) is 9.12. The number of hydrogen-bond donors (Lipinski definition) is 5. The van der Waals surface area contributed by atoms with E-state index in [4.69, 9.17) is 17.3 Å². The fourth-order valence-corrected chi connectivity index (χ4v) is 2.91. The van der Waals surface area contributed by atoms with Crippen LogP contribution in [0.5, 0.6) is 0 Å². The molecule has 162 valence electrons. The Labute approximate surface area is 179 Å². The van der Waals surface area contributed by atoms with Crippen molar-refractivity contribution in [2.45, 2.75) is 12.7 Å². The average Bonchev–Trinajstić information content (AvgIpc) is 3.16. The SMILES string of the molecule is NC(=O)c1n[nH]cc1NCc1cccc(NC(=O)Nc2ccc(Cl)c(C(F)(F)F)c2)c1. The summed E-state index contributed by atoms with van der Waals surface area (Å²) in [5.41, 5.74) is 5.76. The summed E-state index contributed by atoms with van der Waals surface area (Å²) in [6.07, 6.45) is -3.16. The first-order valence-electron chi connectivity index (χ1n) is 8.74. The van der Waals surface area contributed by atoms with Crippen molar-refractivity contribution in [2.24, 2.45) is 5.73 Å². The third-order valence-electron chi connectivity index (χ3n) is 4.07. The quantitative estimate of drug-likeness (QED) is 0.379. The Balaban J connectivity index is 1.64. The van der Waals surface area contributed by atoms with Crippen LogP contribution in [0.1, 0.15) is 21.6 Å². The lowest BCUT2D eigenvalue weighted by atomic mass is 10.2. The Morgan fingerprint density at radius 2 is 1.81 bits per heavy atom. The molecule has 3 rings (SSSR count). The van der Waals surface area contributed by atoms with Crippen molar-refractivity contribution in [3.8, 4) is 0 Å². The molecule has 1 heterocycles.